The van der Waals surface area contributed by atoms with Crippen molar-refractivity contribution in [1.82, 2.24) is 25.1 Å². The number of carbonyl (C=O) groups is 2. The molecule has 2 aliphatic rings. The van der Waals surface area contributed by atoms with Crippen LogP contribution in [0.3, 0.4) is 0 Å². The summed E-state index contributed by atoms with van der Waals surface area (Å²) in [4.78, 5) is 36.9. The van der Waals surface area contributed by atoms with Crippen molar-refractivity contribution < 1.29 is 32.2 Å². The molecule has 2 amide bonds. The number of aromatic nitrogens is 4. The molecule has 13 heteroatoms. The van der Waals surface area contributed by atoms with Gasteiger partial charge in [0.25, 0.3) is 11.8 Å². The lowest BCUT2D eigenvalue weighted by Crippen LogP contribution is -2.45. The maximum atomic E-state index is 13.7. The highest BCUT2D eigenvalue weighted by Gasteiger charge is 2.55. The van der Waals surface area contributed by atoms with Gasteiger partial charge >= 0.3 is 6.18 Å². The standard InChI is InChI=1S/C25H25F3N6O4/c1-4-29-21(35)17-8-15(9-30-22(17)37-3)18-7-14(2)19-20(32-18)24(5-6-38-13-24)34(23(19)36)16-10-31-33(11-16)12-25(26,27)28/h7-11H,4-6,12-13H2,1-3H3,(H,29,35). The molecular formula is C25H25F3N6O4. The number of nitrogens with one attached hydrogen (secondary N) is 1. The quantitative estimate of drug-likeness (QED) is 0.521. The van der Waals surface area contributed by atoms with Crippen LogP contribution in [0.2, 0.25) is 0 Å². The zero-order valence-electron chi connectivity index (χ0n) is 20.9. The number of rotatable bonds is 6. The van der Waals surface area contributed by atoms with Crippen molar-refractivity contribution in [3.05, 3.63) is 53.1 Å². The Balaban J connectivity index is 1.60. The summed E-state index contributed by atoms with van der Waals surface area (Å²) in [6, 6.07) is 3.35. The third-order valence-electron chi connectivity index (χ3n) is 6.64. The minimum absolute atomic E-state index is 0.122. The summed E-state index contributed by atoms with van der Waals surface area (Å²) in [6.45, 7) is 3.18. The predicted octanol–water partition coefficient (Wildman–Crippen LogP) is 3.25. The molecule has 1 unspecified atom stereocenters. The van der Waals surface area contributed by atoms with Gasteiger partial charge < -0.3 is 14.8 Å². The number of ether oxygens (including phenoxy) is 2. The first-order valence-electron chi connectivity index (χ1n) is 11.9. The summed E-state index contributed by atoms with van der Waals surface area (Å²) in [5.41, 5.74) is 1.94. The normalized spacial score (nSPS) is 18.8. The van der Waals surface area contributed by atoms with Crippen LogP contribution in [0.15, 0.2) is 30.7 Å². The Morgan fingerprint density at radius 2 is 2.08 bits per heavy atom. The molecule has 0 aromatic carbocycles. The van der Waals surface area contributed by atoms with E-state index in [4.69, 9.17) is 14.5 Å². The number of amides is 2. The number of anilines is 1. The lowest BCUT2D eigenvalue weighted by Gasteiger charge is -2.32. The van der Waals surface area contributed by atoms with Crippen LogP contribution in [0.5, 0.6) is 5.88 Å². The van der Waals surface area contributed by atoms with Crippen LogP contribution in [0, 0.1) is 6.92 Å². The molecular weight excluding hydrogens is 505 g/mol. The number of fused-ring (bicyclic) bond motifs is 2. The number of hydrogen-bond acceptors (Lipinski definition) is 7. The monoisotopic (exact) mass is 530 g/mol. The molecule has 1 N–H and O–H groups in total. The highest BCUT2D eigenvalue weighted by molar-refractivity contribution is 6.12. The van der Waals surface area contributed by atoms with E-state index < -0.39 is 18.3 Å². The maximum absolute atomic E-state index is 13.7. The fourth-order valence-electron chi connectivity index (χ4n) is 5.03. The third kappa shape index (κ3) is 4.26. The molecule has 1 atom stereocenters. The Labute approximate surface area is 215 Å². The minimum Gasteiger partial charge on any atom is -0.480 e. The molecule has 0 aliphatic carbocycles. The number of carbonyl (C=O) groups excluding carboxylic acids is 2. The predicted molar refractivity (Wildman–Crippen MR) is 129 cm³/mol. The van der Waals surface area contributed by atoms with Crippen molar-refractivity contribution in [3.63, 3.8) is 0 Å². The molecule has 5 heterocycles. The number of pyridine rings is 2. The van der Waals surface area contributed by atoms with Crippen LogP contribution < -0.4 is 15.0 Å². The van der Waals surface area contributed by atoms with Gasteiger partial charge in [0, 0.05) is 37.5 Å². The fraction of sp³-hybridized carbons (Fsp3) is 0.400. The van der Waals surface area contributed by atoms with Gasteiger partial charge in [-0.3, -0.25) is 19.2 Å². The molecule has 0 saturated carbocycles. The van der Waals surface area contributed by atoms with Crippen LogP contribution in [-0.4, -0.2) is 64.6 Å². The van der Waals surface area contributed by atoms with E-state index in [-0.39, 0.29) is 35.6 Å². The summed E-state index contributed by atoms with van der Waals surface area (Å²) in [5.74, 6) is -0.575. The molecule has 0 bridgehead atoms. The molecule has 0 radical (unpaired) electrons. The van der Waals surface area contributed by atoms with E-state index in [1.165, 1.54) is 30.6 Å². The van der Waals surface area contributed by atoms with Crippen molar-refractivity contribution in [3.8, 4) is 17.1 Å². The first-order chi connectivity index (χ1) is 18.1. The molecule has 1 saturated heterocycles. The summed E-state index contributed by atoms with van der Waals surface area (Å²) >= 11 is 0. The minimum atomic E-state index is -4.46. The lowest BCUT2D eigenvalue weighted by molar-refractivity contribution is -0.142. The number of nitrogens with zero attached hydrogens (tertiary/aromatic N) is 5. The first-order valence-corrected chi connectivity index (χ1v) is 11.9. The van der Waals surface area contributed by atoms with Gasteiger partial charge in [0.2, 0.25) is 5.88 Å². The van der Waals surface area contributed by atoms with Crippen molar-refractivity contribution in [2.45, 2.75) is 38.5 Å². The average Bonchev–Trinajstić information content (AvgIpc) is 3.58. The highest BCUT2D eigenvalue weighted by atomic mass is 19.4. The Kier molecular flexibility index (Phi) is 6.33. The van der Waals surface area contributed by atoms with E-state index in [1.807, 2.05) is 0 Å². The van der Waals surface area contributed by atoms with Gasteiger partial charge in [-0.05, 0) is 31.5 Å². The van der Waals surface area contributed by atoms with Gasteiger partial charge in [0.15, 0.2) is 0 Å². The van der Waals surface area contributed by atoms with Gasteiger partial charge in [0.1, 0.15) is 17.6 Å². The van der Waals surface area contributed by atoms with Gasteiger partial charge in [-0.2, -0.15) is 18.3 Å². The number of alkyl halides is 3. The van der Waals surface area contributed by atoms with Crippen LogP contribution >= 0.6 is 0 Å². The molecule has 200 valence electrons. The van der Waals surface area contributed by atoms with E-state index in [9.17, 15) is 22.8 Å². The largest absolute Gasteiger partial charge is 0.480 e. The van der Waals surface area contributed by atoms with Crippen LogP contribution in [0.1, 0.15) is 45.3 Å². The fourth-order valence-corrected chi connectivity index (χ4v) is 5.03. The van der Waals surface area contributed by atoms with Crippen molar-refractivity contribution in [2.75, 3.05) is 31.8 Å². The van der Waals surface area contributed by atoms with E-state index in [0.29, 0.717) is 47.7 Å². The van der Waals surface area contributed by atoms with Gasteiger partial charge in [-0.25, -0.2) is 9.97 Å². The van der Waals surface area contributed by atoms with Gasteiger partial charge in [-0.15, -0.1) is 0 Å². The number of aryl methyl sites for hydroxylation is 1. The van der Waals surface area contributed by atoms with Crippen LogP contribution in [0.4, 0.5) is 18.9 Å². The van der Waals surface area contributed by atoms with Crippen molar-refractivity contribution in [2.24, 2.45) is 0 Å². The second-order valence-corrected chi connectivity index (χ2v) is 9.17. The number of hydrogen-bond donors (Lipinski definition) is 1. The lowest BCUT2D eigenvalue weighted by atomic mass is 9.91. The molecule has 5 rings (SSSR count). The van der Waals surface area contributed by atoms with Crippen LogP contribution in [-0.2, 0) is 16.8 Å². The average molecular weight is 531 g/mol. The van der Waals surface area contributed by atoms with Crippen LogP contribution in [0.25, 0.3) is 11.3 Å². The van der Waals surface area contributed by atoms with E-state index in [2.05, 4.69) is 15.4 Å². The SMILES string of the molecule is CCNC(=O)c1cc(-c2cc(C)c3c(n2)C2(CCOC2)N(c2cnn(CC(F)(F)F)c2)C3=O)cnc1OC. The van der Waals surface area contributed by atoms with Crippen molar-refractivity contribution >= 4 is 17.5 Å². The molecule has 3 aromatic heterocycles. The van der Waals surface area contributed by atoms with E-state index in [1.54, 1.807) is 26.0 Å². The summed E-state index contributed by atoms with van der Waals surface area (Å²) < 4.78 is 50.5. The Morgan fingerprint density at radius 1 is 1.29 bits per heavy atom. The Bertz CT molecular complexity index is 1410. The Hall–Kier alpha value is -4.00. The van der Waals surface area contributed by atoms with E-state index in [0.717, 1.165) is 4.68 Å². The highest BCUT2D eigenvalue weighted by Crippen LogP contribution is 2.48. The summed E-state index contributed by atoms with van der Waals surface area (Å²) in [6.07, 6.45) is -0.0699. The number of halogens is 3. The second-order valence-electron chi connectivity index (χ2n) is 9.17. The zero-order valence-corrected chi connectivity index (χ0v) is 20.9. The summed E-state index contributed by atoms with van der Waals surface area (Å²) in [7, 11) is 1.42. The molecule has 3 aromatic rings. The first kappa shape index (κ1) is 25.6. The van der Waals surface area contributed by atoms with E-state index >= 15 is 0 Å². The van der Waals surface area contributed by atoms with Gasteiger partial charge in [0.05, 0.1) is 42.6 Å². The molecule has 1 spiro atoms. The second kappa shape index (κ2) is 9.39. The molecule has 2 aliphatic heterocycles. The molecule has 10 nitrogen and oxygen atoms in total. The Morgan fingerprint density at radius 3 is 2.74 bits per heavy atom. The summed E-state index contributed by atoms with van der Waals surface area (Å²) in [5, 5.41) is 6.55. The number of methoxy groups -OCH3 is 1. The third-order valence-corrected chi connectivity index (χ3v) is 6.64. The van der Waals surface area contributed by atoms with Gasteiger partial charge in [-0.1, -0.05) is 0 Å². The molecule has 38 heavy (non-hydrogen) atoms. The smallest absolute Gasteiger partial charge is 0.408 e. The molecule has 1 fully saturated rings. The topological polar surface area (TPSA) is 111 Å². The van der Waals surface area contributed by atoms with Crippen molar-refractivity contribution in [1.29, 1.82) is 0 Å². The zero-order chi connectivity index (χ0) is 27.2. The maximum Gasteiger partial charge on any atom is 0.408 e.